The summed E-state index contributed by atoms with van der Waals surface area (Å²) in [4.78, 5) is 2.03. The molecule has 0 saturated carbocycles. The molecule has 3 heteroatoms. The molecule has 0 amide bonds. The highest BCUT2D eigenvalue weighted by molar-refractivity contribution is 4.90. The minimum atomic E-state index is -0.0305. The van der Waals surface area contributed by atoms with Gasteiger partial charge in [-0.1, -0.05) is 13.8 Å². The van der Waals surface area contributed by atoms with E-state index < -0.39 is 0 Å². The van der Waals surface area contributed by atoms with Gasteiger partial charge in [-0.2, -0.15) is 5.26 Å². The van der Waals surface area contributed by atoms with Gasteiger partial charge in [0.2, 0.25) is 0 Å². The van der Waals surface area contributed by atoms with Crippen LogP contribution in [0.25, 0.3) is 0 Å². The van der Waals surface area contributed by atoms with Crippen molar-refractivity contribution in [3.05, 3.63) is 0 Å². The van der Waals surface area contributed by atoms with Crippen LogP contribution in [-0.2, 0) is 0 Å². The summed E-state index contributed by atoms with van der Waals surface area (Å²) in [5.41, 5.74) is 0. The van der Waals surface area contributed by atoms with Crippen molar-refractivity contribution in [2.75, 3.05) is 19.7 Å². The van der Waals surface area contributed by atoms with E-state index in [2.05, 4.69) is 13.0 Å². The summed E-state index contributed by atoms with van der Waals surface area (Å²) in [5, 5.41) is 17.5. The van der Waals surface area contributed by atoms with Crippen LogP contribution < -0.4 is 0 Å². The first-order valence-electron chi connectivity index (χ1n) is 4.54. The van der Waals surface area contributed by atoms with Gasteiger partial charge in [-0.25, -0.2) is 0 Å². The van der Waals surface area contributed by atoms with Crippen molar-refractivity contribution in [2.24, 2.45) is 0 Å². The Kier molecular flexibility index (Phi) is 6.73. The number of hydrogen-bond acceptors (Lipinski definition) is 3. The van der Waals surface area contributed by atoms with Gasteiger partial charge in [-0.3, -0.25) is 4.90 Å². The van der Waals surface area contributed by atoms with Crippen LogP contribution in [0.4, 0.5) is 0 Å². The Morgan fingerprint density at radius 2 is 2.08 bits per heavy atom. The normalized spacial score (nSPS) is 12.9. The molecular formula is C9H18N2O. The first-order chi connectivity index (χ1) is 5.79. The summed E-state index contributed by atoms with van der Waals surface area (Å²) >= 11 is 0. The number of rotatable bonds is 6. The molecule has 0 bridgehead atoms. The Balaban J connectivity index is 3.97. The number of hydrogen-bond donors (Lipinski definition) is 1. The van der Waals surface area contributed by atoms with E-state index in [4.69, 9.17) is 10.4 Å². The van der Waals surface area contributed by atoms with Crippen LogP contribution in [-0.4, -0.2) is 35.7 Å². The van der Waals surface area contributed by atoms with E-state index in [-0.39, 0.29) is 12.6 Å². The molecule has 12 heavy (non-hydrogen) atoms. The summed E-state index contributed by atoms with van der Waals surface area (Å²) in [6, 6.07) is 2.21. The lowest BCUT2D eigenvalue weighted by Gasteiger charge is -2.24. The Morgan fingerprint density at radius 3 is 2.42 bits per heavy atom. The Labute approximate surface area is 74.6 Å². The maximum Gasteiger partial charge on any atom is 0.0976 e. The third-order valence-corrected chi connectivity index (χ3v) is 1.87. The van der Waals surface area contributed by atoms with E-state index >= 15 is 0 Å². The van der Waals surface area contributed by atoms with E-state index in [1.165, 1.54) is 0 Å². The molecule has 0 aromatic carbocycles. The van der Waals surface area contributed by atoms with E-state index in [1.807, 2.05) is 11.8 Å². The van der Waals surface area contributed by atoms with Crippen molar-refractivity contribution < 1.29 is 5.11 Å². The number of nitriles is 1. The molecule has 0 fully saturated rings. The van der Waals surface area contributed by atoms with Gasteiger partial charge in [0.15, 0.2) is 0 Å². The highest BCUT2D eigenvalue weighted by atomic mass is 16.3. The van der Waals surface area contributed by atoms with Crippen molar-refractivity contribution >= 4 is 0 Å². The van der Waals surface area contributed by atoms with Gasteiger partial charge in [0.05, 0.1) is 18.7 Å². The van der Waals surface area contributed by atoms with Crippen LogP contribution in [0.2, 0.25) is 0 Å². The predicted octanol–water partition coefficient (Wildman–Crippen LogP) is 0.993. The first kappa shape index (κ1) is 11.4. The van der Waals surface area contributed by atoms with Crippen molar-refractivity contribution in [2.45, 2.75) is 32.7 Å². The Morgan fingerprint density at radius 1 is 1.42 bits per heavy atom. The predicted molar refractivity (Wildman–Crippen MR) is 48.6 cm³/mol. The monoisotopic (exact) mass is 170 g/mol. The van der Waals surface area contributed by atoms with Gasteiger partial charge < -0.3 is 5.11 Å². The second-order valence-corrected chi connectivity index (χ2v) is 2.81. The van der Waals surface area contributed by atoms with E-state index in [9.17, 15) is 0 Å². The van der Waals surface area contributed by atoms with Crippen LogP contribution in [0.15, 0.2) is 0 Å². The van der Waals surface area contributed by atoms with Crippen LogP contribution in [0.1, 0.15) is 26.7 Å². The second-order valence-electron chi connectivity index (χ2n) is 2.81. The van der Waals surface area contributed by atoms with Crippen LogP contribution >= 0.6 is 0 Å². The molecule has 0 aromatic rings. The Hall–Kier alpha value is -0.590. The fourth-order valence-electron chi connectivity index (χ4n) is 1.27. The molecule has 0 aromatic heterocycles. The summed E-state index contributed by atoms with van der Waals surface area (Å²) in [6.07, 6.45) is 1.86. The summed E-state index contributed by atoms with van der Waals surface area (Å²) in [7, 11) is 0. The molecule has 3 nitrogen and oxygen atoms in total. The summed E-state index contributed by atoms with van der Waals surface area (Å²) in [5.74, 6) is 0. The van der Waals surface area contributed by atoms with Crippen molar-refractivity contribution in [3.8, 4) is 6.07 Å². The molecule has 1 unspecified atom stereocenters. The maximum atomic E-state index is 8.78. The van der Waals surface area contributed by atoms with E-state index in [0.29, 0.717) is 6.54 Å². The maximum absolute atomic E-state index is 8.78. The molecular weight excluding hydrogens is 152 g/mol. The van der Waals surface area contributed by atoms with Crippen molar-refractivity contribution in [3.63, 3.8) is 0 Å². The van der Waals surface area contributed by atoms with Crippen LogP contribution in [0, 0.1) is 11.3 Å². The highest BCUT2D eigenvalue weighted by Gasteiger charge is 2.13. The molecule has 0 aliphatic rings. The molecule has 0 aliphatic carbocycles. The van der Waals surface area contributed by atoms with Crippen molar-refractivity contribution in [1.29, 1.82) is 5.26 Å². The van der Waals surface area contributed by atoms with E-state index in [0.717, 1.165) is 19.4 Å². The van der Waals surface area contributed by atoms with Gasteiger partial charge in [0.25, 0.3) is 0 Å². The SMILES string of the molecule is CCCN(CCO)C(C#N)CC. The third-order valence-electron chi connectivity index (χ3n) is 1.87. The number of aliphatic hydroxyl groups is 1. The quantitative estimate of drug-likeness (QED) is 0.646. The summed E-state index contributed by atoms with van der Waals surface area (Å²) < 4.78 is 0. The van der Waals surface area contributed by atoms with Crippen LogP contribution in [0.5, 0.6) is 0 Å². The minimum Gasteiger partial charge on any atom is -0.395 e. The lowest BCUT2D eigenvalue weighted by atomic mass is 10.2. The lowest BCUT2D eigenvalue weighted by Crippen LogP contribution is -2.36. The molecule has 0 rings (SSSR count). The third kappa shape index (κ3) is 3.70. The van der Waals surface area contributed by atoms with Gasteiger partial charge in [-0.15, -0.1) is 0 Å². The minimum absolute atomic E-state index is 0.0305. The molecule has 0 spiro atoms. The fraction of sp³-hybridized carbons (Fsp3) is 0.889. The standard InChI is InChI=1S/C9H18N2O/c1-3-5-11(6-7-12)9(4-2)8-10/h9,12H,3-7H2,1-2H3. The second kappa shape index (κ2) is 7.08. The molecule has 0 radical (unpaired) electrons. The van der Waals surface area contributed by atoms with E-state index in [1.54, 1.807) is 0 Å². The highest BCUT2D eigenvalue weighted by Crippen LogP contribution is 2.03. The first-order valence-corrected chi connectivity index (χ1v) is 4.54. The smallest absolute Gasteiger partial charge is 0.0976 e. The molecule has 70 valence electrons. The van der Waals surface area contributed by atoms with Gasteiger partial charge in [-0.05, 0) is 19.4 Å². The van der Waals surface area contributed by atoms with Crippen LogP contribution in [0.3, 0.4) is 0 Å². The summed E-state index contributed by atoms with van der Waals surface area (Å²) in [6.45, 7) is 5.72. The zero-order valence-electron chi connectivity index (χ0n) is 7.95. The van der Waals surface area contributed by atoms with Gasteiger partial charge in [0.1, 0.15) is 0 Å². The van der Waals surface area contributed by atoms with Gasteiger partial charge >= 0.3 is 0 Å². The molecule has 0 aliphatic heterocycles. The molecule has 0 heterocycles. The Bertz CT molecular complexity index is 136. The van der Waals surface area contributed by atoms with Gasteiger partial charge in [0, 0.05) is 6.54 Å². The largest absolute Gasteiger partial charge is 0.395 e. The average molecular weight is 170 g/mol. The topological polar surface area (TPSA) is 47.3 Å². The fourth-order valence-corrected chi connectivity index (χ4v) is 1.27. The molecule has 1 atom stereocenters. The molecule has 0 saturated heterocycles. The molecule has 1 N–H and O–H groups in total. The number of aliphatic hydroxyl groups excluding tert-OH is 1. The lowest BCUT2D eigenvalue weighted by molar-refractivity contribution is 0.171. The zero-order chi connectivity index (χ0) is 9.40. The van der Waals surface area contributed by atoms with Crippen molar-refractivity contribution in [1.82, 2.24) is 4.90 Å². The number of nitrogens with zero attached hydrogens (tertiary/aromatic N) is 2. The zero-order valence-corrected chi connectivity index (χ0v) is 7.95. The average Bonchev–Trinajstić information content (AvgIpc) is 2.07.